The first kappa shape index (κ1) is 18.3. The number of furan rings is 1. The largest absolute Gasteiger partial charge is 0.504 e. The van der Waals surface area contributed by atoms with E-state index in [0.29, 0.717) is 20.5 Å². The van der Waals surface area contributed by atoms with E-state index in [-0.39, 0.29) is 11.5 Å². The van der Waals surface area contributed by atoms with Crippen LogP contribution in [-0.2, 0) is 0 Å². The summed E-state index contributed by atoms with van der Waals surface area (Å²) in [6.07, 6.45) is 1.47. The molecule has 0 saturated carbocycles. The van der Waals surface area contributed by atoms with Crippen molar-refractivity contribution >= 4 is 56.5 Å². The second-order valence-electron chi connectivity index (χ2n) is 6.06. The molecule has 0 atom stereocenters. The maximum absolute atomic E-state index is 12.4. The Morgan fingerprint density at radius 3 is 2.82 bits per heavy atom. The standard InChI is InChI=1S/C21H15IN2O4/c1-27-18-9-12(8-16(22)20(18)25)11-23-24-21(26)19-10-15-14-5-3-2-4-13(14)6-7-17(15)28-19/h2-11,25H,1H3,(H,24,26). The SMILES string of the molecule is COc1cc(C=NNC(=O)c2cc3c(ccc4ccccc43)o2)cc(I)c1O. The van der Waals surface area contributed by atoms with Crippen LogP contribution in [0.1, 0.15) is 16.1 Å². The molecular formula is C21H15IN2O4. The Morgan fingerprint density at radius 1 is 1.18 bits per heavy atom. The summed E-state index contributed by atoms with van der Waals surface area (Å²) in [6.45, 7) is 0. The molecule has 0 aliphatic heterocycles. The van der Waals surface area contributed by atoms with E-state index in [1.54, 1.807) is 18.2 Å². The number of hydrazone groups is 1. The third kappa shape index (κ3) is 3.40. The van der Waals surface area contributed by atoms with Gasteiger partial charge in [-0.3, -0.25) is 4.79 Å². The molecule has 0 saturated heterocycles. The normalized spacial score (nSPS) is 11.4. The van der Waals surface area contributed by atoms with Gasteiger partial charge in [0.05, 0.1) is 16.9 Å². The Morgan fingerprint density at radius 2 is 2.00 bits per heavy atom. The quantitative estimate of drug-likeness (QED) is 0.250. The highest BCUT2D eigenvalue weighted by molar-refractivity contribution is 14.1. The van der Waals surface area contributed by atoms with Crippen LogP contribution in [0.5, 0.6) is 11.5 Å². The number of nitrogens with zero attached hydrogens (tertiary/aromatic N) is 1. The molecule has 7 heteroatoms. The van der Waals surface area contributed by atoms with Gasteiger partial charge in [0.15, 0.2) is 17.3 Å². The number of nitrogens with one attached hydrogen (secondary N) is 1. The van der Waals surface area contributed by atoms with Crippen LogP contribution < -0.4 is 10.2 Å². The van der Waals surface area contributed by atoms with Crippen molar-refractivity contribution in [2.45, 2.75) is 0 Å². The third-order valence-electron chi connectivity index (χ3n) is 4.30. The van der Waals surface area contributed by atoms with Crippen LogP contribution in [0.15, 0.2) is 64.1 Å². The molecule has 2 N–H and O–H groups in total. The lowest BCUT2D eigenvalue weighted by Gasteiger charge is -2.06. The summed E-state index contributed by atoms with van der Waals surface area (Å²) in [5.74, 6) is 0.140. The molecule has 140 valence electrons. The number of carbonyl (C=O) groups excluding carboxylic acids is 1. The second-order valence-corrected chi connectivity index (χ2v) is 7.22. The molecule has 1 aromatic heterocycles. The van der Waals surface area contributed by atoms with E-state index in [4.69, 9.17) is 9.15 Å². The van der Waals surface area contributed by atoms with Crippen molar-refractivity contribution < 1.29 is 19.1 Å². The molecular weight excluding hydrogens is 471 g/mol. The molecule has 0 aliphatic carbocycles. The molecule has 1 amide bonds. The smallest absolute Gasteiger partial charge is 0.307 e. The van der Waals surface area contributed by atoms with Crippen LogP contribution in [-0.4, -0.2) is 24.3 Å². The fourth-order valence-electron chi connectivity index (χ4n) is 2.95. The van der Waals surface area contributed by atoms with Gasteiger partial charge in [0.2, 0.25) is 0 Å². The maximum atomic E-state index is 12.4. The molecule has 0 unspecified atom stereocenters. The Balaban J connectivity index is 1.56. The highest BCUT2D eigenvalue weighted by atomic mass is 127. The summed E-state index contributed by atoms with van der Waals surface area (Å²) in [7, 11) is 1.47. The summed E-state index contributed by atoms with van der Waals surface area (Å²) < 4.78 is 11.4. The predicted molar refractivity (Wildman–Crippen MR) is 116 cm³/mol. The van der Waals surface area contributed by atoms with Crippen LogP contribution >= 0.6 is 22.6 Å². The summed E-state index contributed by atoms with van der Waals surface area (Å²) in [5.41, 5.74) is 3.78. The first-order chi connectivity index (χ1) is 13.6. The molecule has 0 fully saturated rings. The molecule has 0 spiro atoms. The lowest BCUT2D eigenvalue weighted by Crippen LogP contribution is -2.16. The van der Waals surface area contributed by atoms with E-state index in [9.17, 15) is 9.90 Å². The fraction of sp³-hybridized carbons (Fsp3) is 0.0476. The number of ether oxygens (including phenoxy) is 1. The number of phenolic OH excluding ortho intramolecular Hbond substituents is 1. The van der Waals surface area contributed by atoms with Gasteiger partial charge in [-0.1, -0.05) is 30.3 Å². The number of carbonyl (C=O) groups is 1. The van der Waals surface area contributed by atoms with Crippen LogP contribution in [0.4, 0.5) is 0 Å². The van der Waals surface area contributed by atoms with Crippen LogP contribution in [0.25, 0.3) is 21.7 Å². The van der Waals surface area contributed by atoms with Gasteiger partial charge in [0.25, 0.3) is 0 Å². The summed E-state index contributed by atoms with van der Waals surface area (Å²) in [6, 6.07) is 16.8. The van der Waals surface area contributed by atoms with Gasteiger partial charge in [-0.25, -0.2) is 5.43 Å². The Kier molecular flexibility index (Phi) is 4.91. The number of hydrogen-bond donors (Lipinski definition) is 2. The number of halogens is 1. The minimum Gasteiger partial charge on any atom is -0.504 e. The van der Waals surface area contributed by atoms with Crippen molar-refractivity contribution in [3.8, 4) is 11.5 Å². The van der Waals surface area contributed by atoms with E-state index in [1.807, 2.05) is 59.0 Å². The number of benzene rings is 3. The molecule has 28 heavy (non-hydrogen) atoms. The van der Waals surface area contributed by atoms with Gasteiger partial charge < -0.3 is 14.3 Å². The van der Waals surface area contributed by atoms with Gasteiger partial charge in [-0.2, -0.15) is 5.10 Å². The number of fused-ring (bicyclic) bond motifs is 3. The monoisotopic (exact) mass is 486 g/mol. The molecule has 4 rings (SSSR count). The van der Waals surface area contributed by atoms with Crippen LogP contribution in [0.3, 0.4) is 0 Å². The number of phenols is 1. The van der Waals surface area contributed by atoms with Gasteiger partial charge >= 0.3 is 5.91 Å². The van der Waals surface area contributed by atoms with Crippen molar-refractivity contribution in [1.82, 2.24) is 5.43 Å². The minimum atomic E-state index is -0.447. The highest BCUT2D eigenvalue weighted by Crippen LogP contribution is 2.32. The number of methoxy groups -OCH3 is 1. The average Bonchev–Trinajstić information content (AvgIpc) is 3.15. The number of rotatable bonds is 4. The van der Waals surface area contributed by atoms with Crippen molar-refractivity contribution in [2.24, 2.45) is 5.10 Å². The maximum Gasteiger partial charge on any atom is 0.307 e. The van der Waals surface area contributed by atoms with E-state index in [0.717, 1.165) is 16.2 Å². The molecule has 0 aliphatic rings. The van der Waals surface area contributed by atoms with E-state index in [2.05, 4.69) is 10.5 Å². The van der Waals surface area contributed by atoms with Crippen molar-refractivity contribution in [3.63, 3.8) is 0 Å². The zero-order valence-corrected chi connectivity index (χ0v) is 16.9. The zero-order valence-electron chi connectivity index (χ0n) is 14.8. The number of aromatic hydroxyl groups is 1. The van der Waals surface area contributed by atoms with Crippen LogP contribution in [0, 0.1) is 3.57 Å². The lowest BCUT2D eigenvalue weighted by atomic mass is 10.1. The molecule has 1 heterocycles. The molecule has 4 aromatic rings. The average molecular weight is 486 g/mol. The summed E-state index contributed by atoms with van der Waals surface area (Å²) in [4.78, 5) is 12.4. The summed E-state index contributed by atoms with van der Waals surface area (Å²) >= 11 is 1.99. The zero-order chi connectivity index (χ0) is 19.7. The van der Waals surface area contributed by atoms with Crippen LogP contribution in [0.2, 0.25) is 0 Å². The van der Waals surface area contributed by atoms with Crippen molar-refractivity contribution in [2.75, 3.05) is 7.11 Å². The molecule has 6 nitrogen and oxygen atoms in total. The van der Waals surface area contributed by atoms with E-state index < -0.39 is 5.91 Å². The fourth-order valence-corrected chi connectivity index (χ4v) is 3.57. The van der Waals surface area contributed by atoms with E-state index >= 15 is 0 Å². The Labute approximate surface area is 173 Å². The Hall–Kier alpha value is -3.07. The van der Waals surface area contributed by atoms with Gasteiger partial charge in [-0.15, -0.1) is 0 Å². The predicted octanol–water partition coefficient (Wildman–Crippen LogP) is 4.67. The van der Waals surface area contributed by atoms with Gasteiger partial charge in [0.1, 0.15) is 5.58 Å². The van der Waals surface area contributed by atoms with E-state index in [1.165, 1.54) is 13.3 Å². The highest BCUT2D eigenvalue weighted by Gasteiger charge is 2.13. The molecule has 3 aromatic carbocycles. The van der Waals surface area contributed by atoms with Gasteiger partial charge in [0, 0.05) is 5.39 Å². The lowest BCUT2D eigenvalue weighted by molar-refractivity contribution is 0.0929. The van der Waals surface area contributed by atoms with Crippen molar-refractivity contribution in [3.05, 3.63) is 69.5 Å². The Bertz CT molecular complexity index is 1230. The number of amides is 1. The molecule has 0 radical (unpaired) electrons. The number of hydrogen-bond acceptors (Lipinski definition) is 5. The minimum absolute atomic E-state index is 0.0683. The first-order valence-corrected chi connectivity index (χ1v) is 9.46. The van der Waals surface area contributed by atoms with Gasteiger partial charge in [-0.05, 0) is 63.2 Å². The topological polar surface area (TPSA) is 84.1 Å². The van der Waals surface area contributed by atoms with Crippen molar-refractivity contribution in [1.29, 1.82) is 0 Å². The second kappa shape index (κ2) is 7.51. The summed E-state index contributed by atoms with van der Waals surface area (Å²) in [5, 5.41) is 16.8. The molecule has 0 bridgehead atoms. The third-order valence-corrected chi connectivity index (χ3v) is 5.12. The first-order valence-electron chi connectivity index (χ1n) is 8.38.